The van der Waals surface area contributed by atoms with Crippen LogP contribution in [0.2, 0.25) is 0 Å². The molecule has 4 heteroatoms. The van der Waals surface area contributed by atoms with Crippen LogP contribution in [-0.4, -0.2) is 42.4 Å². The fourth-order valence-electron chi connectivity index (χ4n) is 1.80. The largest absolute Gasteiger partial charge is 0.490 e. The molecule has 2 N–H and O–H groups in total. The monoisotopic (exact) mass is 283 g/mol. The van der Waals surface area contributed by atoms with Crippen molar-refractivity contribution in [1.82, 2.24) is 5.32 Å². The van der Waals surface area contributed by atoms with E-state index in [1.807, 2.05) is 43.8 Å². The number of rotatable bonds is 8. The molecule has 0 aliphatic carbocycles. The molecule has 0 saturated carbocycles. The molecule has 0 aliphatic rings. The first-order chi connectivity index (χ1) is 9.04. The van der Waals surface area contributed by atoms with Gasteiger partial charge in [-0.25, -0.2) is 0 Å². The average Bonchev–Trinajstić information content (AvgIpc) is 2.38. The van der Waals surface area contributed by atoms with Crippen molar-refractivity contribution in [2.75, 3.05) is 26.0 Å². The van der Waals surface area contributed by atoms with Crippen LogP contribution < -0.4 is 10.1 Å². The molecule has 0 spiro atoms. The smallest absolute Gasteiger partial charge is 0.125 e. The molecule has 1 aromatic rings. The molecule has 2 unspecified atom stereocenters. The molecule has 1 rings (SSSR count). The van der Waals surface area contributed by atoms with Crippen molar-refractivity contribution in [3.63, 3.8) is 0 Å². The van der Waals surface area contributed by atoms with Gasteiger partial charge in [0.25, 0.3) is 0 Å². The first-order valence-electron chi connectivity index (χ1n) is 6.65. The van der Waals surface area contributed by atoms with Gasteiger partial charge in [-0.1, -0.05) is 25.1 Å². The molecule has 19 heavy (non-hydrogen) atoms. The van der Waals surface area contributed by atoms with E-state index >= 15 is 0 Å². The van der Waals surface area contributed by atoms with Crippen molar-refractivity contribution >= 4 is 11.8 Å². The number of thioether (sulfide) groups is 1. The van der Waals surface area contributed by atoms with E-state index in [0.29, 0.717) is 18.4 Å². The summed E-state index contributed by atoms with van der Waals surface area (Å²) in [6, 6.07) is 6.06. The Kier molecular flexibility index (Phi) is 7.28. The molecule has 0 fully saturated rings. The molecule has 0 bridgehead atoms. The average molecular weight is 283 g/mol. The van der Waals surface area contributed by atoms with E-state index in [4.69, 9.17) is 4.74 Å². The third kappa shape index (κ3) is 5.85. The van der Waals surface area contributed by atoms with E-state index in [-0.39, 0.29) is 0 Å². The van der Waals surface area contributed by atoms with Gasteiger partial charge in [0.05, 0.1) is 0 Å². The third-order valence-corrected chi connectivity index (χ3v) is 4.01. The van der Waals surface area contributed by atoms with Gasteiger partial charge in [0.15, 0.2) is 0 Å². The highest BCUT2D eigenvalue weighted by Gasteiger charge is 2.09. The lowest BCUT2D eigenvalue weighted by Gasteiger charge is -2.17. The second kappa shape index (κ2) is 8.46. The lowest BCUT2D eigenvalue weighted by Crippen LogP contribution is -2.34. The molecule has 0 radical (unpaired) electrons. The Hall–Kier alpha value is -0.710. The normalized spacial score (nSPS) is 14.2. The second-order valence-electron chi connectivity index (χ2n) is 4.89. The first-order valence-corrected chi connectivity index (χ1v) is 7.94. The van der Waals surface area contributed by atoms with Crippen LogP contribution in [0.1, 0.15) is 18.1 Å². The second-order valence-corrected chi connectivity index (χ2v) is 6.17. The summed E-state index contributed by atoms with van der Waals surface area (Å²) in [5.74, 6) is 0.888. The molecule has 0 aromatic heterocycles. The van der Waals surface area contributed by atoms with Crippen molar-refractivity contribution in [1.29, 1.82) is 0 Å². The van der Waals surface area contributed by atoms with Crippen LogP contribution in [0, 0.1) is 13.8 Å². The van der Waals surface area contributed by atoms with Crippen molar-refractivity contribution in [3.8, 4) is 5.75 Å². The predicted octanol–water partition coefficient (Wildman–Crippen LogP) is 2.38. The number of hydrogen-bond donors (Lipinski definition) is 2. The summed E-state index contributed by atoms with van der Waals surface area (Å²) in [5, 5.41) is 13.7. The Morgan fingerprint density at radius 2 is 1.89 bits per heavy atom. The lowest BCUT2D eigenvalue weighted by atomic mass is 10.1. The van der Waals surface area contributed by atoms with Crippen LogP contribution in [0.15, 0.2) is 18.2 Å². The van der Waals surface area contributed by atoms with Gasteiger partial charge in [0.2, 0.25) is 0 Å². The summed E-state index contributed by atoms with van der Waals surface area (Å²) in [4.78, 5) is 0. The fraction of sp³-hybridized carbons (Fsp3) is 0.600. The van der Waals surface area contributed by atoms with Gasteiger partial charge in [-0.15, -0.1) is 0 Å². The number of nitrogens with one attached hydrogen (secondary N) is 1. The zero-order chi connectivity index (χ0) is 14.3. The van der Waals surface area contributed by atoms with E-state index in [1.54, 1.807) is 0 Å². The van der Waals surface area contributed by atoms with Gasteiger partial charge >= 0.3 is 0 Å². The number of aliphatic hydroxyl groups is 1. The van der Waals surface area contributed by atoms with E-state index in [1.165, 1.54) is 0 Å². The summed E-state index contributed by atoms with van der Waals surface area (Å²) in [6.45, 7) is 8.00. The molecule has 3 nitrogen and oxygen atoms in total. The minimum absolute atomic E-state index is 0.326. The van der Waals surface area contributed by atoms with Crippen molar-refractivity contribution in [2.24, 2.45) is 0 Å². The standard InChI is InChI=1S/C15H25NO2S/c1-11-6-5-7-12(2)15(11)18-10-14(17)9-16-8-13(3)19-4/h5-7,13-14,16-17H,8-10H2,1-4H3. The zero-order valence-corrected chi connectivity index (χ0v) is 13.1. The van der Waals surface area contributed by atoms with Gasteiger partial charge in [0.1, 0.15) is 18.5 Å². The highest BCUT2D eigenvalue weighted by molar-refractivity contribution is 7.99. The van der Waals surface area contributed by atoms with Gasteiger partial charge in [-0.2, -0.15) is 11.8 Å². The third-order valence-electron chi connectivity index (χ3n) is 3.04. The molecule has 2 atom stereocenters. The van der Waals surface area contributed by atoms with Gasteiger partial charge in [-0.05, 0) is 31.2 Å². The highest BCUT2D eigenvalue weighted by Crippen LogP contribution is 2.22. The van der Waals surface area contributed by atoms with Crippen LogP contribution in [0.25, 0.3) is 0 Å². The molecule has 108 valence electrons. The van der Waals surface area contributed by atoms with Gasteiger partial charge < -0.3 is 15.2 Å². The van der Waals surface area contributed by atoms with Crippen molar-refractivity contribution in [3.05, 3.63) is 29.3 Å². The highest BCUT2D eigenvalue weighted by atomic mass is 32.2. The summed E-state index contributed by atoms with van der Waals surface area (Å²) in [7, 11) is 0. The topological polar surface area (TPSA) is 41.5 Å². The van der Waals surface area contributed by atoms with E-state index in [9.17, 15) is 5.11 Å². The summed E-state index contributed by atoms with van der Waals surface area (Å²) >= 11 is 1.82. The maximum absolute atomic E-state index is 9.88. The summed E-state index contributed by atoms with van der Waals surface area (Å²) < 4.78 is 5.72. The Morgan fingerprint density at radius 1 is 1.26 bits per heavy atom. The van der Waals surface area contributed by atoms with Crippen molar-refractivity contribution < 1.29 is 9.84 Å². The van der Waals surface area contributed by atoms with Crippen LogP contribution in [-0.2, 0) is 0 Å². The number of aryl methyl sites for hydroxylation is 2. The van der Waals surface area contributed by atoms with E-state index < -0.39 is 6.10 Å². The van der Waals surface area contributed by atoms with E-state index in [0.717, 1.165) is 23.4 Å². The number of hydrogen-bond acceptors (Lipinski definition) is 4. The van der Waals surface area contributed by atoms with Crippen LogP contribution in [0.4, 0.5) is 0 Å². The van der Waals surface area contributed by atoms with Crippen LogP contribution in [0.5, 0.6) is 5.75 Å². The zero-order valence-electron chi connectivity index (χ0n) is 12.3. The molecule has 0 heterocycles. The minimum Gasteiger partial charge on any atom is -0.490 e. The maximum Gasteiger partial charge on any atom is 0.125 e. The summed E-state index contributed by atoms with van der Waals surface area (Å²) in [5.41, 5.74) is 2.22. The predicted molar refractivity (Wildman–Crippen MR) is 83.3 cm³/mol. The minimum atomic E-state index is -0.479. The van der Waals surface area contributed by atoms with E-state index in [2.05, 4.69) is 18.5 Å². The quantitative estimate of drug-likeness (QED) is 0.768. The van der Waals surface area contributed by atoms with Gasteiger partial charge in [0, 0.05) is 18.3 Å². The number of benzene rings is 1. The molecule has 0 amide bonds. The summed E-state index contributed by atoms with van der Waals surface area (Å²) in [6.07, 6.45) is 1.61. The molecule has 0 saturated heterocycles. The molecular formula is C15H25NO2S. The fourth-order valence-corrected chi connectivity index (χ4v) is 2.09. The Bertz CT molecular complexity index is 364. The number of ether oxygens (including phenoxy) is 1. The molecule has 0 aliphatic heterocycles. The lowest BCUT2D eigenvalue weighted by molar-refractivity contribution is 0.106. The van der Waals surface area contributed by atoms with Gasteiger partial charge in [-0.3, -0.25) is 0 Å². The molecule has 1 aromatic carbocycles. The van der Waals surface area contributed by atoms with Crippen LogP contribution >= 0.6 is 11.8 Å². The maximum atomic E-state index is 9.88. The number of para-hydroxylation sites is 1. The van der Waals surface area contributed by atoms with Crippen LogP contribution in [0.3, 0.4) is 0 Å². The van der Waals surface area contributed by atoms with Crippen molar-refractivity contribution in [2.45, 2.75) is 32.1 Å². The molecular weight excluding hydrogens is 258 g/mol. The number of aliphatic hydroxyl groups excluding tert-OH is 1. The Labute approximate surface area is 120 Å². The Balaban J connectivity index is 2.32. The SMILES string of the molecule is CSC(C)CNCC(O)COc1c(C)cccc1C. The Morgan fingerprint density at radius 3 is 2.47 bits per heavy atom. The first kappa shape index (κ1) is 16.3.